The number of nitrogens with two attached hydrogens (primary N) is 1. The molecule has 0 aliphatic heterocycles. The van der Waals surface area contributed by atoms with E-state index in [2.05, 4.69) is 21.7 Å². The van der Waals surface area contributed by atoms with Crippen molar-refractivity contribution in [2.45, 2.75) is 32.0 Å². The maximum Gasteiger partial charge on any atom is 0.129 e. The number of halogens is 1. The third-order valence-corrected chi connectivity index (χ3v) is 4.24. The van der Waals surface area contributed by atoms with Crippen LogP contribution in [0.3, 0.4) is 0 Å². The van der Waals surface area contributed by atoms with Crippen molar-refractivity contribution < 1.29 is 4.39 Å². The number of anilines is 1. The van der Waals surface area contributed by atoms with E-state index < -0.39 is 0 Å². The van der Waals surface area contributed by atoms with Crippen molar-refractivity contribution in [3.8, 4) is 0 Å². The minimum absolute atomic E-state index is 0.198. The van der Waals surface area contributed by atoms with E-state index in [4.69, 9.17) is 5.73 Å². The van der Waals surface area contributed by atoms with Crippen LogP contribution in [-0.4, -0.2) is 6.04 Å². The summed E-state index contributed by atoms with van der Waals surface area (Å²) >= 11 is 1.70. The highest BCUT2D eigenvalue weighted by atomic mass is 32.1. The van der Waals surface area contributed by atoms with Gasteiger partial charge in [0.2, 0.25) is 0 Å². The third-order valence-electron chi connectivity index (χ3n) is 3.51. The summed E-state index contributed by atoms with van der Waals surface area (Å²) in [6, 6.07) is 8.09. The predicted molar refractivity (Wildman–Crippen MR) is 77.8 cm³/mol. The average molecular weight is 276 g/mol. The summed E-state index contributed by atoms with van der Waals surface area (Å²) in [6.45, 7) is 1.11. The lowest BCUT2D eigenvalue weighted by molar-refractivity contribution is 0.609. The second-order valence-electron chi connectivity index (χ2n) is 4.97. The fourth-order valence-corrected chi connectivity index (χ4v) is 2.94. The second kappa shape index (κ2) is 5.31. The van der Waals surface area contributed by atoms with Crippen molar-refractivity contribution in [2.75, 3.05) is 4.90 Å². The maximum atomic E-state index is 13.9. The first-order valence-electron chi connectivity index (χ1n) is 6.54. The van der Waals surface area contributed by atoms with Gasteiger partial charge in [-0.2, -0.15) is 11.3 Å². The molecule has 1 aromatic carbocycles. The molecule has 0 radical (unpaired) electrons. The fraction of sp³-hybridized carbons (Fsp3) is 0.333. The van der Waals surface area contributed by atoms with Gasteiger partial charge >= 0.3 is 0 Å². The SMILES string of the molecule is NCc1ccc(N(Cc2ccsc2)C2CC2)cc1F. The molecule has 0 bridgehead atoms. The molecule has 1 aliphatic rings. The van der Waals surface area contributed by atoms with Crippen LogP contribution in [0.15, 0.2) is 35.0 Å². The fourth-order valence-electron chi connectivity index (χ4n) is 2.28. The Morgan fingerprint density at radius 2 is 2.16 bits per heavy atom. The first-order valence-corrected chi connectivity index (χ1v) is 7.48. The van der Waals surface area contributed by atoms with Gasteiger partial charge in [-0.1, -0.05) is 6.07 Å². The molecule has 1 aromatic heterocycles. The second-order valence-corrected chi connectivity index (χ2v) is 5.75. The minimum atomic E-state index is -0.198. The number of hydrogen-bond donors (Lipinski definition) is 1. The van der Waals surface area contributed by atoms with E-state index >= 15 is 0 Å². The van der Waals surface area contributed by atoms with Crippen molar-refractivity contribution in [3.05, 3.63) is 52.0 Å². The van der Waals surface area contributed by atoms with Gasteiger partial charge in [-0.25, -0.2) is 4.39 Å². The standard InChI is InChI=1S/C15H17FN2S/c16-15-7-14(2-1-12(15)8-17)18(13-3-4-13)9-11-5-6-19-10-11/h1-2,5-7,10,13H,3-4,8-9,17H2. The molecule has 100 valence electrons. The highest BCUT2D eigenvalue weighted by Crippen LogP contribution is 2.34. The van der Waals surface area contributed by atoms with Gasteiger partial charge in [0, 0.05) is 30.4 Å². The lowest BCUT2D eigenvalue weighted by atomic mass is 10.1. The van der Waals surface area contributed by atoms with Crippen molar-refractivity contribution in [1.82, 2.24) is 0 Å². The third kappa shape index (κ3) is 2.80. The molecule has 0 amide bonds. The molecule has 2 N–H and O–H groups in total. The molecule has 2 nitrogen and oxygen atoms in total. The average Bonchev–Trinajstić information content (AvgIpc) is 3.13. The molecular weight excluding hydrogens is 259 g/mol. The van der Waals surface area contributed by atoms with E-state index in [9.17, 15) is 4.39 Å². The zero-order valence-corrected chi connectivity index (χ0v) is 11.5. The lowest BCUT2D eigenvalue weighted by Gasteiger charge is -2.24. The van der Waals surface area contributed by atoms with Gasteiger partial charge in [-0.15, -0.1) is 0 Å². The molecule has 1 aliphatic carbocycles. The Labute approximate surface area is 116 Å². The Hall–Kier alpha value is -1.39. The molecule has 0 unspecified atom stereocenters. The number of hydrogen-bond acceptors (Lipinski definition) is 3. The van der Waals surface area contributed by atoms with E-state index in [-0.39, 0.29) is 12.4 Å². The maximum absolute atomic E-state index is 13.9. The van der Waals surface area contributed by atoms with Gasteiger partial charge in [0.15, 0.2) is 0 Å². The number of benzene rings is 1. The summed E-state index contributed by atoms with van der Waals surface area (Å²) in [6.07, 6.45) is 2.40. The Morgan fingerprint density at radius 1 is 1.32 bits per heavy atom. The van der Waals surface area contributed by atoms with E-state index in [1.54, 1.807) is 23.5 Å². The normalized spacial score (nSPS) is 14.6. The molecule has 0 saturated heterocycles. The largest absolute Gasteiger partial charge is 0.364 e. The van der Waals surface area contributed by atoms with E-state index in [1.165, 1.54) is 18.4 Å². The molecule has 4 heteroatoms. The van der Waals surface area contributed by atoms with Gasteiger partial charge in [0.25, 0.3) is 0 Å². The molecule has 3 rings (SSSR count). The molecule has 0 spiro atoms. The highest BCUT2D eigenvalue weighted by molar-refractivity contribution is 7.07. The summed E-state index contributed by atoms with van der Waals surface area (Å²) in [7, 11) is 0. The van der Waals surface area contributed by atoms with Crippen LogP contribution in [0.2, 0.25) is 0 Å². The molecule has 1 fully saturated rings. The Kier molecular flexibility index (Phi) is 3.53. The van der Waals surface area contributed by atoms with E-state index in [1.807, 2.05) is 6.07 Å². The van der Waals surface area contributed by atoms with E-state index in [0.717, 1.165) is 12.2 Å². The zero-order chi connectivity index (χ0) is 13.2. The van der Waals surface area contributed by atoms with Gasteiger partial charge in [0.1, 0.15) is 5.82 Å². The van der Waals surface area contributed by atoms with Crippen molar-refractivity contribution >= 4 is 17.0 Å². The van der Waals surface area contributed by atoms with Gasteiger partial charge < -0.3 is 10.6 Å². The van der Waals surface area contributed by atoms with Gasteiger partial charge in [-0.05, 0) is 47.4 Å². The van der Waals surface area contributed by atoms with Gasteiger partial charge in [-0.3, -0.25) is 0 Å². The summed E-state index contributed by atoms with van der Waals surface area (Å²) < 4.78 is 13.9. The van der Waals surface area contributed by atoms with Gasteiger partial charge in [0.05, 0.1) is 0 Å². The first-order chi connectivity index (χ1) is 9.28. The molecule has 19 heavy (non-hydrogen) atoms. The topological polar surface area (TPSA) is 29.3 Å². The Morgan fingerprint density at radius 3 is 2.74 bits per heavy atom. The monoisotopic (exact) mass is 276 g/mol. The smallest absolute Gasteiger partial charge is 0.129 e. The number of nitrogens with zero attached hydrogens (tertiary/aromatic N) is 1. The van der Waals surface area contributed by atoms with Crippen LogP contribution in [0, 0.1) is 5.82 Å². The lowest BCUT2D eigenvalue weighted by Crippen LogP contribution is -2.25. The Balaban J connectivity index is 1.85. The van der Waals surface area contributed by atoms with Crippen molar-refractivity contribution in [2.24, 2.45) is 5.73 Å². The van der Waals surface area contributed by atoms with Crippen molar-refractivity contribution in [1.29, 1.82) is 0 Å². The zero-order valence-electron chi connectivity index (χ0n) is 10.7. The van der Waals surface area contributed by atoms with E-state index in [0.29, 0.717) is 11.6 Å². The van der Waals surface area contributed by atoms with Crippen LogP contribution >= 0.6 is 11.3 Å². The van der Waals surface area contributed by atoms with Crippen molar-refractivity contribution in [3.63, 3.8) is 0 Å². The number of thiophene rings is 1. The highest BCUT2D eigenvalue weighted by Gasteiger charge is 2.29. The summed E-state index contributed by atoms with van der Waals surface area (Å²) in [5, 5.41) is 4.23. The Bertz CT molecular complexity index is 549. The summed E-state index contributed by atoms with van der Waals surface area (Å²) in [5.74, 6) is -0.198. The van der Waals surface area contributed by atoms with Crippen LogP contribution in [0.25, 0.3) is 0 Å². The predicted octanol–water partition coefficient (Wildman–Crippen LogP) is 3.51. The summed E-state index contributed by atoms with van der Waals surface area (Å²) in [4.78, 5) is 2.30. The first kappa shape index (κ1) is 12.6. The number of rotatable bonds is 5. The quantitative estimate of drug-likeness (QED) is 0.905. The minimum Gasteiger partial charge on any atom is -0.364 e. The summed E-state index contributed by atoms with van der Waals surface area (Å²) in [5.41, 5.74) is 8.34. The molecule has 1 saturated carbocycles. The molecule has 0 atom stereocenters. The van der Waals surface area contributed by atoms with Crippen LogP contribution in [0.4, 0.5) is 10.1 Å². The van der Waals surface area contributed by atoms with Crippen LogP contribution in [0.5, 0.6) is 0 Å². The molecule has 1 heterocycles. The van der Waals surface area contributed by atoms with Crippen LogP contribution in [0.1, 0.15) is 24.0 Å². The van der Waals surface area contributed by atoms with Crippen LogP contribution in [-0.2, 0) is 13.1 Å². The molecular formula is C15H17FN2S. The molecule has 2 aromatic rings. The van der Waals surface area contributed by atoms with Crippen LogP contribution < -0.4 is 10.6 Å².